The smallest absolute Gasteiger partial charge is 0.225 e. The highest BCUT2D eigenvalue weighted by atomic mass is 16.5. The van der Waals surface area contributed by atoms with Crippen molar-refractivity contribution in [2.75, 3.05) is 31.2 Å². The zero-order chi connectivity index (χ0) is 11.5. The van der Waals surface area contributed by atoms with E-state index in [2.05, 4.69) is 14.9 Å². The Hall–Kier alpha value is -1.49. The van der Waals surface area contributed by atoms with Crippen molar-refractivity contribution in [1.29, 1.82) is 0 Å². The van der Waals surface area contributed by atoms with Crippen LogP contribution in [0.15, 0.2) is 6.20 Å². The van der Waals surface area contributed by atoms with Gasteiger partial charge in [-0.25, -0.2) is 9.97 Å². The summed E-state index contributed by atoms with van der Waals surface area (Å²) in [4.78, 5) is 21.9. The summed E-state index contributed by atoms with van der Waals surface area (Å²) in [7, 11) is 0. The molecule has 2 heterocycles. The lowest BCUT2D eigenvalue weighted by atomic mass is 10.2. The summed E-state index contributed by atoms with van der Waals surface area (Å²) in [6.45, 7) is 6.38. The Balaban J connectivity index is 2.23. The molecule has 0 saturated carbocycles. The van der Waals surface area contributed by atoms with Crippen LogP contribution in [0.3, 0.4) is 0 Å². The fourth-order valence-corrected chi connectivity index (χ4v) is 1.72. The summed E-state index contributed by atoms with van der Waals surface area (Å²) in [5, 5.41) is 0. The minimum absolute atomic E-state index is 0.00558. The van der Waals surface area contributed by atoms with Crippen LogP contribution in [-0.2, 0) is 4.74 Å². The number of aromatic nitrogens is 2. The number of Topliss-reactive ketones (excluding diaryl/α,β-unsaturated/α-hetero) is 1. The summed E-state index contributed by atoms with van der Waals surface area (Å²) in [5.74, 6) is 0.692. The second-order valence-electron chi connectivity index (χ2n) is 3.82. The molecule has 0 unspecified atom stereocenters. The second kappa shape index (κ2) is 4.57. The number of carbonyl (C=O) groups excluding carboxylic acids is 1. The molecule has 0 atom stereocenters. The summed E-state index contributed by atoms with van der Waals surface area (Å²) in [5.41, 5.74) is 1.33. The maximum absolute atomic E-state index is 11.2. The Morgan fingerprint density at radius 2 is 2.12 bits per heavy atom. The lowest BCUT2D eigenvalue weighted by molar-refractivity contribution is 0.101. The molecule has 1 aliphatic heterocycles. The third kappa shape index (κ3) is 2.19. The predicted molar refractivity (Wildman–Crippen MR) is 59.8 cm³/mol. The minimum Gasteiger partial charge on any atom is -0.378 e. The molecule has 0 spiro atoms. The van der Waals surface area contributed by atoms with Gasteiger partial charge in [0.15, 0.2) is 5.78 Å². The Morgan fingerprint density at radius 1 is 1.44 bits per heavy atom. The zero-order valence-electron chi connectivity index (χ0n) is 9.56. The average molecular weight is 221 g/mol. The van der Waals surface area contributed by atoms with E-state index < -0.39 is 0 Å². The first-order valence-electron chi connectivity index (χ1n) is 5.36. The number of aryl methyl sites for hydroxylation is 1. The number of ether oxygens (including phenoxy) is 1. The van der Waals surface area contributed by atoms with E-state index in [1.807, 2.05) is 6.92 Å². The number of hydrogen-bond acceptors (Lipinski definition) is 5. The van der Waals surface area contributed by atoms with Gasteiger partial charge in [0, 0.05) is 19.3 Å². The van der Waals surface area contributed by atoms with Gasteiger partial charge in [-0.05, 0) is 13.8 Å². The molecule has 1 aliphatic rings. The lowest BCUT2D eigenvalue weighted by Crippen LogP contribution is -2.37. The largest absolute Gasteiger partial charge is 0.378 e. The molecule has 86 valence electrons. The van der Waals surface area contributed by atoms with Crippen molar-refractivity contribution in [3.8, 4) is 0 Å². The van der Waals surface area contributed by atoms with E-state index in [1.54, 1.807) is 6.20 Å². The van der Waals surface area contributed by atoms with Crippen molar-refractivity contribution in [3.63, 3.8) is 0 Å². The van der Waals surface area contributed by atoms with Gasteiger partial charge in [0.05, 0.1) is 24.5 Å². The van der Waals surface area contributed by atoms with E-state index >= 15 is 0 Å². The van der Waals surface area contributed by atoms with Crippen LogP contribution in [0.25, 0.3) is 0 Å². The summed E-state index contributed by atoms with van der Waals surface area (Å²) >= 11 is 0. The highest BCUT2D eigenvalue weighted by Crippen LogP contribution is 2.12. The van der Waals surface area contributed by atoms with Crippen LogP contribution >= 0.6 is 0 Å². The third-order valence-electron chi connectivity index (χ3n) is 2.64. The van der Waals surface area contributed by atoms with E-state index in [9.17, 15) is 4.79 Å². The number of anilines is 1. The van der Waals surface area contributed by atoms with Crippen molar-refractivity contribution < 1.29 is 9.53 Å². The Bertz CT molecular complexity index is 400. The van der Waals surface area contributed by atoms with Gasteiger partial charge in [-0.1, -0.05) is 0 Å². The highest BCUT2D eigenvalue weighted by molar-refractivity contribution is 5.94. The number of nitrogens with zero attached hydrogens (tertiary/aromatic N) is 3. The minimum atomic E-state index is 0.00558. The normalized spacial score (nSPS) is 16.2. The van der Waals surface area contributed by atoms with Gasteiger partial charge in [0.1, 0.15) is 0 Å². The summed E-state index contributed by atoms with van der Waals surface area (Å²) in [6, 6.07) is 0. The van der Waals surface area contributed by atoms with E-state index in [1.165, 1.54) is 6.92 Å². The van der Waals surface area contributed by atoms with Crippen LogP contribution in [-0.4, -0.2) is 42.1 Å². The molecule has 1 aromatic rings. The molecular weight excluding hydrogens is 206 g/mol. The van der Waals surface area contributed by atoms with Crippen molar-refractivity contribution in [3.05, 3.63) is 17.5 Å². The molecule has 0 aliphatic carbocycles. The summed E-state index contributed by atoms with van der Waals surface area (Å²) < 4.78 is 5.26. The molecule has 0 amide bonds. The Labute approximate surface area is 94.5 Å². The molecule has 16 heavy (non-hydrogen) atoms. The molecule has 5 heteroatoms. The van der Waals surface area contributed by atoms with E-state index in [4.69, 9.17) is 4.74 Å². The summed E-state index contributed by atoms with van der Waals surface area (Å²) in [6.07, 6.45) is 1.61. The standard InChI is InChI=1S/C11H15N3O2/c1-8-10(9(2)15)7-12-11(13-8)14-3-5-16-6-4-14/h7H,3-6H2,1-2H3. The zero-order valence-corrected chi connectivity index (χ0v) is 9.56. The highest BCUT2D eigenvalue weighted by Gasteiger charge is 2.15. The molecule has 1 saturated heterocycles. The van der Waals surface area contributed by atoms with Gasteiger partial charge in [0.2, 0.25) is 5.95 Å². The lowest BCUT2D eigenvalue weighted by Gasteiger charge is -2.26. The first-order chi connectivity index (χ1) is 7.68. The van der Waals surface area contributed by atoms with Crippen molar-refractivity contribution in [1.82, 2.24) is 9.97 Å². The molecule has 5 nitrogen and oxygen atoms in total. The van der Waals surface area contributed by atoms with Crippen LogP contribution in [0.5, 0.6) is 0 Å². The molecule has 0 radical (unpaired) electrons. The number of rotatable bonds is 2. The van der Waals surface area contributed by atoms with Crippen LogP contribution in [0.4, 0.5) is 5.95 Å². The van der Waals surface area contributed by atoms with Gasteiger partial charge in [-0.3, -0.25) is 4.79 Å². The second-order valence-corrected chi connectivity index (χ2v) is 3.82. The SMILES string of the molecule is CC(=O)c1cnc(N2CCOCC2)nc1C. The number of ketones is 1. The number of carbonyl (C=O) groups is 1. The van der Waals surface area contributed by atoms with Gasteiger partial charge in [0.25, 0.3) is 0 Å². The van der Waals surface area contributed by atoms with Crippen LogP contribution in [0.2, 0.25) is 0 Å². The quantitative estimate of drug-likeness (QED) is 0.692. The fraction of sp³-hybridized carbons (Fsp3) is 0.545. The predicted octanol–water partition coefficient (Wildman–Crippen LogP) is 0.824. The third-order valence-corrected chi connectivity index (χ3v) is 2.64. The fourth-order valence-electron chi connectivity index (χ4n) is 1.72. The van der Waals surface area contributed by atoms with E-state index in [0.717, 1.165) is 18.8 Å². The number of morpholine rings is 1. The van der Waals surface area contributed by atoms with Crippen LogP contribution in [0, 0.1) is 6.92 Å². The van der Waals surface area contributed by atoms with Crippen LogP contribution < -0.4 is 4.90 Å². The molecular formula is C11H15N3O2. The molecule has 0 aromatic carbocycles. The van der Waals surface area contributed by atoms with Crippen molar-refractivity contribution in [2.45, 2.75) is 13.8 Å². The average Bonchev–Trinajstić information content (AvgIpc) is 2.29. The first-order valence-corrected chi connectivity index (χ1v) is 5.36. The molecule has 0 bridgehead atoms. The molecule has 1 aromatic heterocycles. The topological polar surface area (TPSA) is 55.3 Å². The molecule has 1 fully saturated rings. The van der Waals surface area contributed by atoms with Crippen molar-refractivity contribution >= 4 is 11.7 Å². The van der Waals surface area contributed by atoms with Crippen molar-refractivity contribution in [2.24, 2.45) is 0 Å². The number of hydrogen-bond donors (Lipinski definition) is 0. The monoisotopic (exact) mass is 221 g/mol. The van der Waals surface area contributed by atoms with Gasteiger partial charge < -0.3 is 9.64 Å². The van der Waals surface area contributed by atoms with Crippen LogP contribution in [0.1, 0.15) is 23.0 Å². The van der Waals surface area contributed by atoms with E-state index in [0.29, 0.717) is 24.7 Å². The first kappa shape index (κ1) is 11.0. The van der Waals surface area contributed by atoms with Gasteiger partial charge >= 0.3 is 0 Å². The van der Waals surface area contributed by atoms with E-state index in [-0.39, 0.29) is 5.78 Å². The Morgan fingerprint density at radius 3 is 2.69 bits per heavy atom. The molecule has 0 N–H and O–H groups in total. The maximum Gasteiger partial charge on any atom is 0.225 e. The molecule has 2 rings (SSSR count). The van der Waals surface area contributed by atoms with Gasteiger partial charge in [-0.2, -0.15) is 0 Å². The Kier molecular flexibility index (Phi) is 3.14. The van der Waals surface area contributed by atoms with Gasteiger partial charge in [-0.15, -0.1) is 0 Å². The maximum atomic E-state index is 11.2.